The van der Waals surface area contributed by atoms with Crippen LogP contribution >= 0.6 is 0 Å². The van der Waals surface area contributed by atoms with E-state index in [0.717, 1.165) is 0 Å². The van der Waals surface area contributed by atoms with Crippen molar-refractivity contribution < 1.29 is 18.0 Å². The molecule has 40 heavy (non-hydrogen) atoms. The molecule has 0 amide bonds. The Labute approximate surface area is 241 Å². The molecule has 2 heterocycles. The number of carbonyl (C=O) groups excluding carboxylic acids is 1. The summed E-state index contributed by atoms with van der Waals surface area (Å²) < 4.78 is 30.4. The Morgan fingerprint density at radius 3 is 2.30 bits per heavy atom. The van der Waals surface area contributed by atoms with E-state index < -0.39 is 35.0 Å². The average molecular weight is 592 g/mol. The van der Waals surface area contributed by atoms with Crippen LogP contribution in [0.4, 0.5) is 10.2 Å². The van der Waals surface area contributed by atoms with Crippen molar-refractivity contribution in [2.75, 3.05) is 11.9 Å². The molecule has 0 radical (unpaired) electrons. The van der Waals surface area contributed by atoms with E-state index in [1.54, 1.807) is 12.3 Å². The van der Waals surface area contributed by atoms with E-state index in [1.807, 2.05) is 0 Å². The second-order valence-corrected chi connectivity index (χ2v) is 24.0. The highest BCUT2D eigenvalue weighted by Crippen LogP contribution is 2.47. The minimum atomic E-state index is -2.38. The molecular formula is C29H50FN5O3Si2. The van der Waals surface area contributed by atoms with Crippen molar-refractivity contribution in [1.82, 2.24) is 20.2 Å². The van der Waals surface area contributed by atoms with Crippen LogP contribution in [-0.2, 0) is 8.85 Å². The Morgan fingerprint density at radius 1 is 1.15 bits per heavy atom. The predicted molar refractivity (Wildman–Crippen MR) is 164 cm³/mol. The Hall–Kier alpha value is -1.96. The molecule has 0 spiro atoms. The molecule has 0 bridgehead atoms. The number of nitrogens with one attached hydrogen (secondary N) is 2. The van der Waals surface area contributed by atoms with E-state index in [2.05, 4.69) is 101 Å². The topological polar surface area (TPSA) is 102 Å². The number of ketones is 1. The molecule has 1 fully saturated rings. The molecule has 224 valence electrons. The maximum Gasteiger partial charge on any atom is 0.218 e. The number of H-pyrrole nitrogens is 1. The lowest BCUT2D eigenvalue weighted by Gasteiger charge is -2.45. The zero-order valence-corrected chi connectivity index (χ0v) is 28.2. The molecule has 0 saturated heterocycles. The number of hydrogen-bond acceptors (Lipinski definition) is 7. The first-order valence-electron chi connectivity index (χ1n) is 14.6. The number of rotatable bonds is 12. The standard InChI is InChI=1S/C29H50FN5O3Si2/c1-18(2)40(19(3)4,20(5)6)38-27-21(16-37-39(10,11)29(7,8)9)14-24(25(27)30)34-28-22(15-31-17-32-28)26(36)23-12-13-33-35-23/h12-13,15,17-21,24-25,27H,14,16H2,1-11H3,(H,33,35)(H,31,32,34)/t21-,24-,25-,27-/m1/s1. The summed E-state index contributed by atoms with van der Waals surface area (Å²) in [5.74, 6) is -0.147. The Bertz CT molecular complexity index is 1100. The molecule has 0 unspecified atom stereocenters. The highest BCUT2D eigenvalue weighted by atomic mass is 28.4. The number of carbonyl (C=O) groups is 1. The Morgan fingerprint density at radius 2 is 1.77 bits per heavy atom. The van der Waals surface area contributed by atoms with E-state index in [0.29, 0.717) is 35.5 Å². The fourth-order valence-corrected chi connectivity index (χ4v) is 12.7. The zero-order valence-electron chi connectivity index (χ0n) is 26.2. The number of anilines is 1. The number of halogens is 1. The molecule has 11 heteroatoms. The summed E-state index contributed by atoms with van der Waals surface area (Å²) >= 11 is 0. The number of nitrogens with zero attached hydrogens (tertiary/aromatic N) is 3. The minimum absolute atomic E-state index is 0.0452. The minimum Gasteiger partial charge on any atom is -0.416 e. The van der Waals surface area contributed by atoms with Gasteiger partial charge in [-0.15, -0.1) is 0 Å². The molecule has 2 N–H and O–H groups in total. The number of aromatic nitrogens is 4. The van der Waals surface area contributed by atoms with Crippen LogP contribution in [0.3, 0.4) is 0 Å². The number of alkyl halides is 1. The summed E-state index contributed by atoms with van der Waals surface area (Å²) in [6, 6.07) is 1.01. The third-order valence-electron chi connectivity index (χ3n) is 9.24. The van der Waals surface area contributed by atoms with Gasteiger partial charge in [-0.1, -0.05) is 62.3 Å². The maximum atomic E-state index is 16.6. The van der Waals surface area contributed by atoms with Crippen molar-refractivity contribution in [3.05, 3.63) is 36.0 Å². The fourth-order valence-electron chi connectivity index (χ4n) is 6.03. The second-order valence-electron chi connectivity index (χ2n) is 13.7. The highest BCUT2D eigenvalue weighted by Gasteiger charge is 2.53. The smallest absolute Gasteiger partial charge is 0.218 e. The van der Waals surface area contributed by atoms with Gasteiger partial charge < -0.3 is 14.2 Å². The third-order valence-corrected chi connectivity index (χ3v) is 19.8. The van der Waals surface area contributed by atoms with Crippen LogP contribution < -0.4 is 5.32 Å². The summed E-state index contributed by atoms with van der Waals surface area (Å²) in [5.41, 5.74) is 1.50. The SMILES string of the molecule is CC(C)[Si](O[C@@H]1[C@@H](CO[Si](C)(C)C(C)(C)C)C[C@@H](Nc2ncncc2C(=O)c2cc[nH]n2)[C@H]1F)(C(C)C)C(C)C. The molecule has 0 aliphatic heterocycles. The number of aromatic amines is 1. The van der Waals surface area contributed by atoms with Gasteiger partial charge in [-0.2, -0.15) is 5.10 Å². The zero-order chi connectivity index (χ0) is 30.0. The first-order valence-corrected chi connectivity index (χ1v) is 19.6. The van der Waals surface area contributed by atoms with Gasteiger partial charge in [-0.05, 0) is 47.2 Å². The second kappa shape index (κ2) is 12.5. The van der Waals surface area contributed by atoms with Gasteiger partial charge in [-0.3, -0.25) is 9.89 Å². The quantitative estimate of drug-likeness (QED) is 0.200. The molecule has 0 aromatic carbocycles. The Balaban J connectivity index is 1.95. The van der Waals surface area contributed by atoms with E-state index in [-0.39, 0.29) is 28.0 Å². The molecule has 2 aromatic rings. The van der Waals surface area contributed by atoms with Gasteiger partial charge >= 0.3 is 0 Å². The van der Waals surface area contributed by atoms with Gasteiger partial charge in [-0.25, -0.2) is 14.4 Å². The van der Waals surface area contributed by atoms with Crippen LogP contribution in [0, 0.1) is 5.92 Å². The monoisotopic (exact) mass is 591 g/mol. The lowest BCUT2D eigenvalue weighted by atomic mass is 10.1. The highest BCUT2D eigenvalue weighted by molar-refractivity contribution is 6.77. The molecule has 2 aromatic heterocycles. The fraction of sp³-hybridized carbons (Fsp3) is 0.724. The molecule has 1 saturated carbocycles. The molecule has 8 nitrogen and oxygen atoms in total. The van der Waals surface area contributed by atoms with Crippen LogP contribution in [-0.4, -0.2) is 67.5 Å². The van der Waals surface area contributed by atoms with E-state index >= 15 is 4.39 Å². The van der Waals surface area contributed by atoms with Crippen molar-refractivity contribution in [1.29, 1.82) is 0 Å². The lowest BCUT2D eigenvalue weighted by molar-refractivity contribution is 0.0517. The van der Waals surface area contributed by atoms with Crippen molar-refractivity contribution in [3.63, 3.8) is 0 Å². The lowest BCUT2D eigenvalue weighted by Crippen LogP contribution is -2.53. The average Bonchev–Trinajstić information content (AvgIpc) is 3.49. The summed E-state index contributed by atoms with van der Waals surface area (Å²) in [6.07, 6.45) is 3.02. The van der Waals surface area contributed by atoms with Gasteiger partial charge in [0.15, 0.2) is 8.32 Å². The van der Waals surface area contributed by atoms with E-state index in [4.69, 9.17) is 8.85 Å². The molecule has 3 rings (SSSR count). The third kappa shape index (κ3) is 6.58. The largest absolute Gasteiger partial charge is 0.416 e. The Kier molecular flexibility index (Phi) is 10.2. The molecule has 1 aliphatic carbocycles. The van der Waals surface area contributed by atoms with Crippen molar-refractivity contribution in [2.24, 2.45) is 5.92 Å². The van der Waals surface area contributed by atoms with E-state index in [9.17, 15) is 4.79 Å². The van der Waals surface area contributed by atoms with Crippen LogP contribution in [0.25, 0.3) is 0 Å². The molecule has 4 atom stereocenters. The summed E-state index contributed by atoms with van der Waals surface area (Å²) in [4.78, 5) is 21.5. The predicted octanol–water partition coefficient (Wildman–Crippen LogP) is 7.15. The van der Waals surface area contributed by atoms with Crippen LogP contribution in [0.15, 0.2) is 24.8 Å². The van der Waals surface area contributed by atoms with Gasteiger partial charge in [0.25, 0.3) is 0 Å². The summed E-state index contributed by atoms with van der Waals surface area (Å²) in [5, 5.41) is 9.98. The van der Waals surface area contributed by atoms with Crippen molar-refractivity contribution in [2.45, 2.75) is 122 Å². The first-order chi connectivity index (χ1) is 18.5. The van der Waals surface area contributed by atoms with Crippen LogP contribution in [0.5, 0.6) is 0 Å². The molecule has 1 aliphatic rings. The van der Waals surface area contributed by atoms with Gasteiger partial charge in [0.1, 0.15) is 24.0 Å². The van der Waals surface area contributed by atoms with Crippen LogP contribution in [0.2, 0.25) is 34.8 Å². The molecular weight excluding hydrogens is 542 g/mol. The summed E-state index contributed by atoms with van der Waals surface area (Å²) in [7, 11) is -4.44. The number of hydrogen-bond donors (Lipinski definition) is 2. The van der Waals surface area contributed by atoms with Crippen LogP contribution in [0.1, 0.15) is 84.8 Å². The van der Waals surface area contributed by atoms with Gasteiger partial charge in [0.2, 0.25) is 14.1 Å². The van der Waals surface area contributed by atoms with Gasteiger partial charge in [0, 0.05) is 24.9 Å². The first kappa shape index (κ1) is 32.6. The normalized spacial score (nSPS) is 22.5. The summed E-state index contributed by atoms with van der Waals surface area (Å²) in [6.45, 7) is 24.9. The van der Waals surface area contributed by atoms with Gasteiger partial charge in [0.05, 0.1) is 17.7 Å². The van der Waals surface area contributed by atoms with Crippen molar-refractivity contribution >= 4 is 28.2 Å². The maximum absolute atomic E-state index is 16.6. The van der Waals surface area contributed by atoms with E-state index in [1.165, 1.54) is 12.5 Å². The van der Waals surface area contributed by atoms with Crippen molar-refractivity contribution in [3.8, 4) is 0 Å².